The monoisotopic (exact) mass is 756 g/mol. The van der Waals surface area contributed by atoms with E-state index in [0.717, 1.165) is 12.7 Å². The van der Waals surface area contributed by atoms with Gasteiger partial charge in [-0.15, -0.1) is 0 Å². The quantitative estimate of drug-likeness (QED) is 0.0995. The summed E-state index contributed by atoms with van der Waals surface area (Å²) in [7, 11) is -20.8. The van der Waals surface area contributed by atoms with Gasteiger partial charge in [-0.2, -0.15) is 43.6 Å². The minimum Gasteiger partial charge on any atom is -0.323 e. The highest BCUT2D eigenvalue weighted by Gasteiger charge is 2.26. The van der Waals surface area contributed by atoms with Crippen LogP contribution in [-0.4, -0.2) is 81.8 Å². The fraction of sp³-hybridized carbons (Fsp3) is 0. The molecule has 4 rings (SSSR count). The maximum Gasteiger partial charge on any atom is 0.296 e. The Morgan fingerprint density at radius 3 is 1.13 bits per heavy atom. The fourth-order valence-electron chi connectivity index (χ4n) is 3.57. The van der Waals surface area contributed by atoms with Crippen LogP contribution in [0, 0.1) is 0 Å². The third-order valence-corrected chi connectivity index (χ3v) is 9.33. The van der Waals surface area contributed by atoms with Gasteiger partial charge in [-0.25, -0.2) is 19.9 Å². The molecule has 0 aliphatic carbocycles. The van der Waals surface area contributed by atoms with Crippen molar-refractivity contribution in [2.75, 3.05) is 10.6 Å². The van der Waals surface area contributed by atoms with E-state index in [2.05, 4.69) is 40.5 Å². The first-order valence-corrected chi connectivity index (χ1v) is 17.8. The zero-order chi connectivity index (χ0) is 34.2. The van der Waals surface area contributed by atoms with Gasteiger partial charge in [-0.1, -0.05) is 12.2 Å². The highest BCUT2D eigenvalue weighted by Crippen LogP contribution is 2.34. The van der Waals surface area contributed by atoms with Crippen LogP contribution in [0.25, 0.3) is 12.2 Å². The Morgan fingerprint density at radius 2 is 0.848 bits per heavy atom. The second-order valence-corrected chi connectivity index (χ2v) is 14.6. The van der Waals surface area contributed by atoms with Gasteiger partial charge >= 0.3 is 0 Å². The third-order valence-electron chi connectivity index (χ3n) is 5.36. The van der Waals surface area contributed by atoms with E-state index in [0.29, 0.717) is 36.4 Å². The van der Waals surface area contributed by atoms with Crippen molar-refractivity contribution in [3.05, 3.63) is 58.6 Å². The third kappa shape index (κ3) is 8.43. The molecule has 2 aromatic carbocycles. The van der Waals surface area contributed by atoms with E-state index < -0.39 is 94.5 Å². The molecule has 244 valence electrons. The summed E-state index contributed by atoms with van der Waals surface area (Å²) in [5, 5.41) is 3.86. The van der Waals surface area contributed by atoms with E-state index in [-0.39, 0.29) is 10.6 Å². The average molecular weight is 758 g/mol. The van der Waals surface area contributed by atoms with Crippen molar-refractivity contribution in [2.45, 2.75) is 19.6 Å². The van der Waals surface area contributed by atoms with E-state index in [9.17, 15) is 51.9 Å². The molecule has 0 aliphatic rings. The number of nitrogens with one attached hydrogen (secondary N) is 2. The molecule has 0 aliphatic heterocycles. The molecule has 2 aromatic heterocycles. The predicted octanol–water partition coefficient (Wildman–Crippen LogP) is 2.01. The molecule has 0 saturated heterocycles. The maximum atomic E-state index is 12.3. The topological polar surface area (TPSA) is 319 Å². The molecule has 46 heavy (non-hydrogen) atoms. The van der Waals surface area contributed by atoms with Crippen LogP contribution >= 0.6 is 23.2 Å². The van der Waals surface area contributed by atoms with Crippen molar-refractivity contribution in [1.82, 2.24) is 29.9 Å². The predicted molar refractivity (Wildman–Crippen MR) is 157 cm³/mol. The molecule has 0 bridgehead atoms. The molecule has 0 spiro atoms. The Labute approximate surface area is 268 Å². The lowest BCUT2D eigenvalue weighted by atomic mass is 10.1. The van der Waals surface area contributed by atoms with Crippen LogP contribution in [0.2, 0.25) is 10.6 Å². The first-order valence-electron chi connectivity index (χ1n) is 11.3. The smallest absolute Gasteiger partial charge is 0.296 e. The normalized spacial score (nSPS) is 12.7. The van der Waals surface area contributed by atoms with E-state index in [1.807, 2.05) is 0 Å². The lowest BCUT2D eigenvalue weighted by Crippen LogP contribution is -2.10. The standard InChI is InChI=1S/C20H14Cl2N8O12S4/c21-17-23-7-25-19(29-17)27-11-5-13(43(31,32)33)9(3-15(11)45(37,38)39)1-2-10-4-16(46(40,41)42)12(6-14(10)44(34,35)36)28-20-26-8-24-18(22)30-20/h1-8H,(H,31,32,33)(H,34,35,36)(H,37,38,39)(H,40,41,42)(H,23,25,27,29)(H,24,26,28,30)/b2-1+. The zero-order valence-electron chi connectivity index (χ0n) is 21.7. The average Bonchev–Trinajstić information content (AvgIpc) is 2.90. The molecule has 4 aromatic rings. The number of halogens is 2. The minimum absolute atomic E-state index is 0.363. The molecular weight excluding hydrogens is 743 g/mol. The Balaban J connectivity index is 1.95. The number of anilines is 4. The first kappa shape index (κ1) is 34.9. The van der Waals surface area contributed by atoms with Gasteiger partial charge in [0.15, 0.2) is 0 Å². The molecule has 0 radical (unpaired) electrons. The summed E-state index contributed by atoms with van der Waals surface area (Å²) < 4.78 is 137. The molecule has 0 fully saturated rings. The lowest BCUT2D eigenvalue weighted by Gasteiger charge is -2.14. The van der Waals surface area contributed by atoms with Gasteiger partial charge in [0, 0.05) is 0 Å². The van der Waals surface area contributed by atoms with Gasteiger partial charge < -0.3 is 10.6 Å². The summed E-state index contributed by atoms with van der Waals surface area (Å²) in [6.07, 6.45) is 3.16. The van der Waals surface area contributed by atoms with Crippen LogP contribution in [0.15, 0.2) is 56.5 Å². The van der Waals surface area contributed by atoms with Crippen molar-refractivity contribution in [3.63, 3.8) is 0 Å². The molecule has 0 unspecified atom stereocenters. The number of aromatic nitrogens is 6. The van der Waals surface area contributed by atoms with E-state index >= 15 is 0 Å². The first-order chi connectivity index (χ1) is 21.1. The lowest BCUT2D eigenvalue weighted by molar-refractivity contribution is 0.478. The Bertz CT molecular complexity index is 2190. The summed E-state index contributed by atoms with van der Waals surface area (Å²) in [4.78, 5) is 17.5. The van der Waals surface area contributed by atoms with Gasteiger partial charge in [0.2, 0.25) is 22.5 Å². The zero-order valence-corrected chi connectivity index (χ0v) is 26.5. The van der Waals surface area contributed by atoms with Gasteiger partial charge in [0.05, 0.1) is 11.4 Å². The Morgan fingerprint density at radius 1 is 0.522 bits per heavy atom. The largest absolute Gasteiger partial charge is 0.323 e. The van der Waals surface area contributed by atoms with Crippen molar-refractivity contribution >= 4 is 99.1 Å². The Kier molecular flexibility index (Phi) is 9.61. The van der Waals surface area contributed by atoms with Crippen LogP contribution in [0.1, 0.15) is 11.1 Å². The summed E-state index contributed by atoms with van der Waals surface area (Å²) in [6, 6.07) is 2.13. The van der Waals surface area contributed by atoms with Gasteiger partial charge in [-0.05, 0) is 58.6 Å². The van der Waals surface area contributed by atoms with Crippen LogP contribution in [0.4, 0.5) is 23.3 Å². The fourth-order valence-corrected chi connectivity index (χ4v) is 6.53. The molecule has 0 amide bonds. The van der Waals surface area contributed by atoms with Gasteiger partial charge in [-0.3, -0.25) is 18.2 Å². The Hall–Kier alpha value is -3.98. The molecular formula is C20H14Cl2N8O12S4. The van der Waals surface area contributed by atoms with Crippen LogP contribution in [-0.2, 0) is 40.5 Å². The summed E-state index contributed by atoms with van der Waals surface area (Å²) in [5.41, 5.74) is -2.80. The van der Waals surface area contributed by atoms with Crippen LogP contribution in [0.3, 0.4) is 0 Å². The van der Waals surface area contributed by atoms with E-state index in [1.54, 1.807) is 0 Å². The molecule has 2 heterocycles. The van der Waals surface area contributed by atoms with Crippen molar-refractivity contribution < 1.29 is 51.9 Å². The molecule has 0 saturated carbocycles. The van der Waals surface area contributed by atoms with Crippen LogP contribution < -0.4 is 10.6 Å². The number of benzene rings is 2. The summed E-state index contributed by atoms with van der Waals surface area (Å²) in [5.74, 6) is -0.837. The van der Waals surface area contributed by atoms with Gasteiger partial charge in [0.25, 0.3) is 40.5 Å². The maximum absolute atomic E-state index is 12.3. The molecule has 0 atom stereocenters. The summed E-state index contributed by atoms with van der Waals surface area (Å²) >= 11 is 11.3. The van der Waals surface area contributed by atoms with Crippen molar-refractivity contribution in [2.24, 2.45) is 0 Å². The molecule has 20 nitrogen and oxygen atoms in total. The number of rotatable bonds is 10. The van der Waals surface area contributed by atoms with Gasteiger partial charge in [0.1, 0.15) is 32.2 Å². The van der Waals surface area contributed by atoms with E-state index in [4.69, 9.17) is 23.2 Å². The number of hydrogen-bond acceptors (Lipinski definition) is 16. The van der Waals surface area contributed by atoms with Crippen molar-refractivity contribution in [1.29, 1.82) is 0 Å². The highest BCUT2D eigenvalue weighted by molar-refractivity contribution is 7.87. The number of nitrogens with zero attached hydrogens (tertiary/aromatic N) is 6. The summed E-state index contributed by atoms with van der Waals surface area (Å²) in [6.45, 7) is 0. The van der Waals surface area contributed by atoms with Crippen molar-refractivity contribution in [3.8, 4) is 0 Å². The SMILES string of the molecule is O=S(=O)(O)c1cc(Nc2ncnc(Cl)n2)c(S(=O)(=O)O)cc1/C=C/c1cc(S(=O)(=O)O)c(Nc2ncnc(Cl)n2)cc1S(=O)(=O)O. The van der Waals surface area contributed by atoms with Crippen LogP contribution in [0.5, 0.6) is 0 Å². The second-order valence-electron chi connectivity index (χ2n) is 8.41. The molecule has 26 heteroatoms. The second kappa shape index (κ2) is 12.7. The van der Waals surface area contributed by atoms with E-state index in [1.165, 1.54) is 0 Å². The minimum atomic E-state index is -5.23. The molecule has 6 N–H and O–H groups in total. The highest BCUT2D eigenvalue weighted by atomic mass is 35.5. The number of hydrogen-bond donors (Lipinski definition) is 6.